The molecule has 0 bridgehead atoms. The van der Waals surface area contributed by atoms with Crippen LogP contribution in [0.15, 0.2) is 30.3 Å². The van der Waals surface area contributed by atoms with Crippen LogP contribution in [-0.2, 0) is 6.54 Å². The Morgan fingerprint density at radius 1 is 0.895 bits per heavy atom. The molecular formula is C15H14F3N. The van der Waals surface area contributed by atoms with Gasteiger partial charge in [0, 0.05) is 12.2 Å². The Labute approximate surface area is 110 Å². The van der Waals surface area contributed by atoms with Gasteiger partial charge >= 0.3 is 0 Å². The molecular weight excluding hydrogens is 251 g/mol. The van der Waals surface area contributed by atoms with Gasteiger partial charge in [0.2, 0.25) is 0 Å². The van der Waals surface area contributed by atoms with Crippen LogP contribution in [0.3, 0.4) is 0 Å². The van der Waals surface area contributed by atoms with Crippen molar-refractivity contribution in [2.45, 2.75) is 20.4 Å². The zero-order valence-electron chi connectivity index (χ0n) is 10.7. The van der Waals surface area contributed by atoms with Gasteiger partial charge in [-0.25, -0.2) is 13.2 Å². The predicted octanol–water partition coefficient (Wildman–Crippen LogP) is 4.33. The fraction of sp³-hybridized carbons (Fsp3) is 0.200. The summed E-state index contributed by atoms with van der Waals surface area (Å²) in [4.78, 5) is 0. The third kappa shape index (κ3) is 3.08. The lowest BCUT2D eigenvalue weighted by molar-refractivity contribution is 0.445. The minimum atomic E-state index is -1.44. The van der Waals surface area contributed by atoms with Crippen molar-refractivity contribution >= 4 is 5.69 Å². The van der Waals surface area contributed by atoms with Crippen molar-refractivity contribution in [3.63, 3.8) is 0 Å². The summed E-state index contributed by atoms with van der Waals surface area (Å²) in [5, 5.41) is 3.05. The van der Waals surface area contributed by atoms with E-state index in [0.29, 0.717) is 5.56 Å². The zero-order valence-corrected chi connectivity index (χ0v) is 10.7. The van der Waals surface area contributed by atoms with Gasteiger partial charge in [0.1, 0.15) is 0 Å². The van der Waals surface area contributed by atoms with Crippen LogP contribution in [0.2, 0.25) is 0 Å². The van der Waals surface area contributed by atoms with Crippen molar-refractivity contribution in [2.24, 2.45) is 0 Å². The molecule has 0 saturated heterocycles. The standard InChI is InChI=1S/C15H14F3N/c1-9-3-4-12(5-10(9)2)19-8-11-6-13(16)15(18)14(17)7-11/h3-7,19H,8H2,1-2H3. The SMILES string of the molecule is Cc1ccc(NCc2cc(F)c(F)c(F)c2)cc1C. The van der Waals surface area contributed by atoms with E-state index in [-0.39, 0.29) is 6.54 Å². The quantitative estimate of drug-likeness (QED) is 0.814. The molecule has 2 rings (SSSR count). The fourth-order valence-corrected chi connectivity index (χ4v) is 1.77. The molecule has 0 amide bonds. The summed E-state index contributed by atoms with van der Waals surface area (Å²) in [6, 6.07) is 7.78. The van der Waals surface area contributed by atoms with E-state index in [1.54, 1.807) is 0 Å². The second-order valence-electron chi connectivity index (χ2n) is 4.53. The molecule has 2 aromatic carbocycles. The summed E-state index contributed by atoms with van der Waals surface area (Å²) < 4.78 is 38.9. The first-order valence-corrected chi connectivity index (χ1v) is 5.92. The number of nitrogens with one attached hydrogen (secondary N) is 1. The van der Waals surface area contributed by atoms with E-state index in [0.717, 1.165) is 23.4 Å². The molecule has 4 heteroatoms. The van der Waals surface area contributed by atoms with E-state index >= 15 is 0 Å². The van der Waals surface area contributed by atoms with Gasteiger partial charge < -0.3 is 5.32 Å². The smallest absolute Gasteiger partial charge is 0.194 e. The molecule has 19 heavy (non-hydrogen) atoms. The summed E-state index contributed by atoms with van der Waals surface area (Å²) in [7, 11) is 0. The third-order valence-corrected chi connectivity index (χ3v) is 3.05. The van der Waals surface area contributed by atoms with Crippen LogP contribution >= 0.6 is 0 Å². The second kappa shape index (κ2) is 5.34. The zero-order chi connectivity index (χ0) is 14.0. The lowest BCUT2D eigenvalue weighted by Gasteiger charge is -2.09. The average Bonchev–Trinajstić information content (AvgIpc) is 2.37. The molecule has 0 aliphatic rings. The van der Waals surface area contributed by atoms with Gasteiger partial charge in [-0.05, 0) is 54.8 Å². The summed E-state index contributed by atoms with van der Waals surface area (Å²) in [5.74, 6) is -3.77. The van der Waals surface area contributed by atoms with Gasteiger partial charge in [-0.3, -0.25) is 0 Å². The van der Waals surface area contributed by atoms with E-state index in [1.807, 2.05) is 32.0 Å². The summed E-state index contributed by atoms with van der Waals surface area (Å²) in [6.45, 7) is 4.22. The molecule has 0 spiro atoms. The van der Waals surface area contributed by atoms with Crippen molar-refractivity contribution in [1.82, 2.24) is 0 Å². The van der Waals surface area contributed by atoms with E-state index < -0.39 is 17.5 Å². The maximum atomic E-state index is 13.0. The minimum absolute atomic E-state index is 0.233. The number of halogens is 3. The van der Waals surface area contributed by atoms with Gasteiger partial charge in [0.15, 0.2) is 17.5 Å². The Bertz CT molecular complexity index is 585. The molecule has 0 unspecified atom stereocenters. The normalized spacial score (nSPS) is 10.6. The largest absolute Gasteiger partial charge is 0.381 e. The first-order chi connectivity index (χ1) is 8.97. The molecule has 0 fully saturated rings. The van der Waals surface area contributed by atoms with Gasteiger partial charge in [0.25, 0.3) is 0 Å². The lowest BCUT2D eigenvalue weighted by atomic mass is 10.1. The molecule has 0 aromatic heterocycles. The fourth-order valence-electron chi connectivity index (χ4n) is 1.77. The van der Waals surface area contributed by atoms with E-state index in [1.165, 1.54) is 5.56 Å². The highest BCUT2D eigenvalue weighted by Crippen LogP contribution is 2.17. The molecule has 1 N–H and O–H groups in total. The first kappa shape index (κ1) is 13.5. The van der Waals surface area contributed by atoms with Crippen molar-refractivity contribution < 1.29 is 13.2 Å². The molecule has 0 aliphatic carbocycles. The van der Waals surface area contributed by atoms with Crippen molar-refractivity contribution in [3.05, 3.63) is 64.5 Å². The van der Waals surface area contributed by atoms with Crippen LogP contribution in [0.25, 0.3) is 0 Å². The van der Waals surface area contributed by atoms with Crippen LogP contribution in [0.1, 0.15) is 16.7 Å². The first-order valence-electron chi connectivity index (χ1n) is 5.92. The highest BCUT2D eigenvalue weighted by molar-refractivity contribution is 5.48. The Hall–Kier alpha value is -1.97. The van der Waals surface area contributed by atoms with Crippen LogP contribution in [-0.4, -0.2) is 0 Å². The molecule has 0 aliphatic heterocycles. The number of benzene rings is 2. The van der Waals surface area contributed by atoms with E-state index in [4.69, 9.17) is 0 Å². The highest BCUT2D eigenvalue weighted by Gasteiger charge is 2.10. The average molecular weight is 265 g/mol. The summed E-state index contributed by atoms with van der Waals surface area (Å²) in [6.07, 6.45) is 0. The molecule has 0 atom stereocenters. The Kier molecular flexibility index (Phi) is 3.79. The minimum Gasteiger partial charge on any atom is -0.381 e. The number of hydrogen-bond donors (Lipinski definition) is 1. The molecule has 0 radical (unpaired) electrons. The number of rotatable bonds is 3. The lowest BCUT2D eigenvalue weighted by Crippen LogP contribution is -2.02. The second-order valence-corrected chi connectivity index (χ2v) is 4.53. The van der Waals surface area contributed by atoms with Crippen molar-refractivity contribution in [2.75, 3.05) is 5.32 Å². The van der Waals surface area contributed by atoms with Crippen LogP contribution in [0, 0.1) is 31.3 Å². The van der Waals surface area contributed by atoms with E-state index in [2.05, 4.69) is 5.32 Å². The Morgan fingerprint density at radius 3 is 2.11 bits per heavy atom. The third-order valence-electron chi connectivity index (χ3n) is 3.05. The maximum absolute atomic E-state index is 13.0. The monoisotopic (exact) mass is 265 g/mol. The van der Waals surface area contributed by atoms with Crippen LogP contribution < -0.4 is 5.32 Å². The highest BCUT2D eigenvalue weighted by atomic mass is 19.2. The molecule has 100 valence electrons. The molecule has 2 aromatic rings. The van der Waals surface area contributed by atoms with Crippen LogP contribution in [0.5, 0.6) is 0 Å². The maximum Gasteiger partial charge on any atom is 0.194 e. The topological polar surface area (TPSA) is 12.0 Å². The summed E-state index contributed by atoms with van der Waals surface area (Å²) in [5.41, 5.74) is 3.51. The number of anilines is 1. The molecule has 0 saturated carbocycles. The number of hydrogen-bond acceptors (Lipinski definition) is 1. The van der Waals surface area contributed by atoms with Gasteiger partial charge in [-0.1, -0.05) is 6.07 Å². The van der Waals surface area contributed by atoms with Gasteiger partial charge in [-0.2, -0.15) is 0 Å². The Morgan fingerprint density at radius 2 is 1.53 bits per heavy atom. The van der Waals surface area contributed by atoms with Crippen LogP contribution in [0.4, 0.5) is 18.9 Å². The molecule has 1 nitrogen and oxygen atoms in total. The Balaban J connectivity index is 2.12. The summed E-state index contributed by atoms with van der Waals surface area (Å²) >= 11 is 0. The van der Waals surface area contributed by atoms with Gasteiger partial charge in [-0.15, -0.1) is 0 Å². The van der Waals surface area contributed by atoms with Gasteiger partial charge in [0.05, 0.1) is 0 Å². The van der Waals surface area contributed by atoms with E-state index in [9.17, 15) is 13.2 Å². The predicted molar refractivity (Wildman–Crippen MR) is 69.6 cm³/mol. The van der Waals surface area contributed by atoms with Crippen molar-refractivity contribution in [1.29, 1.82) is 0 Å². The molecule has 0 heterocycles. The van der Waals surface area contributed by atoms with Crippen molar-refractivity contribution in [3.8, 4) is 0 Å². The number of aryl methyl sites for hydroxylation is 2.